The largest absolute Gasteiger partial charge is 0.338 e. The molecule has 2 rings (SSSR count). The molecule has 0 aromatic heterocycles. The number of benzene rings is 1. The second-order valence-corrected chi connectivity index (χ2v) is 6.55. The molecular formula is C14H17BrClNO. The summed E-state index contributed by atoms with van der Waals surface area (Å²) >= 11 is 9.37. The van der Waals surface area contributed by atoms with Gasteiger partial charge in [0.1, 0.15) is 0 Å². The van der Waals surface area contributed by atoms with Crippen LogP contribution in [0.5, 0.6) is 0 Å². The molecule has 1 aromatic carbocycles. The standard InChI is InChI=1S/C14H17BrClNO/c1-9-5-10(2)8-17(7-9)14(18)11-3-4-12(15)13(16)6-11/h3-4,6,9-10H,5,7-8H2,1-2H3. The van der Waals surface area contributed by atoms with Gasteiger partial charge in [0.15, 0.2) is 0 Å². The fourth-order valence-corrected chi connectivity index (χ4v) is 3.07. The highest BCUT2D eigenvalue weighted by molar-refractivity contribution is 9.10. The first-order valence-electron chi connectivity index (χ1n) is 6.21. The molecule has 1 heterocycles. The smallest absolute Gasteiger partial charge is 0.253 e. The minimum atomic E-state index is 0.0859. The number of amides is 1. The third-order valence-corrected chi connectivity index (χ3v) is 4.56. The highest BCUT2D eigenvalue weighted by Crippen LogP contribution is 2.26. The predicted molar refractivity (Wildman–Crippen MR) is 78.0 cm³/mol. The number of hydrogen-bond donors (Lipinski definition) is 0. The Balaban J connectivity index is 2.17. The quantitative estimate of drug-likeness (QED) is 0.755. The van der Waals surface area contributed by atoms with Gasteiger partial charge in [-0.1, -0.05) is 25.4 Å². The van der Waals surface area contributed by atoms with Crippen molar-refractivity contribution in [2.24, 2.45) is 11.8 Å². The van der Waals surface area contributed by atoms with Crippen molar-refractivity contribution in [2.75, 3.05) is 13.1 Å². The second kappa shape index (κ2) is 5.62. The van der Waals surface area contributed by atoms with Gasteiger partial charge in [-0.05, 0) is 52.4 Å². The molecule has 1 aliphatic heterocycles. The minimum Gasteiger partial charge on any atom is -0.338 e. The summed E-state index contributed by atoms with van der Waals surface area (Å²) in [4.78, 5) is 14.3. The summed E-state index contributed by atoms with van der Waals surface area (Å²) in [6.07, 6.45) is 1.20. The summed E-state index contributed by atoms with van der Waals surface area (Å²) in [5, 5.41) is 0.582. The molecule has 0 bridgehead atoms. The van der Waals surface area contributed by atoms with Crippen LogP contribution in [0.1, 0.15) is 30.6 Å². The predicted octanol–water partition coefficient (Wildman–Crippen LogP) is 4.22. The summed E-state index contributed by atoms with van der Waals surface area (Å²) < 4.78 is 0.820. The zero-order chi connectivity index (χ0) is 13.3. The van der Waals surface area contributed by atoms with Gasteiger partial charge in [0.05, 0.1) is 5.02 Å². The molecule has 0 N–H and O–H groups in total. The molecule has 1 fully saturated rings. The number of piperidine rings is 1. The Bertz CT molecular complexity index is 453. The molecule has 0 aliphatic carbocycles. The molecule has 2 nitrogen and oxygen atoms in total. The Morgan fingerprint density at radius 1 is 1.33 bits per heavy atom. The zero-order valence-electron chi connectivity index (χ0n) is 10.6. The third kappa shape index (κ3) is 3.07. The topological polar surface area (TPSA) is 20.3 Å². The zero-order valence-corrected chi connectivity index (χ0v) is 13.0. The van der Waals surface area contributed by atoms with E-state index in [1.807, 2.05) is 17.0 Å². The fraction of sp³-hybridized carbons (Fsp3) is 0.500. The Labute approximate surface area is 121 Å². The summed E-state index contributed by atoms with van der Waals surface area (Å²) in [5.74, 6) is 1.23. The third-order valence-electron chi connectivity index (χ3n) is 3.32. The van der Waals surface area contributed by atoms with E-state index < -0.39 is 0 Å². The lowest BCUT2D eigenvalue weighted by molar-refractivity contribution is 0.0623. The van der Waals surface area contributed by atoms with Gasteiger partial charge in [-0.3, -0.25) is 4.79 Å². The van der Waals surface area contributed by atoms with E-state index in [-0.39, 0.29) is 5.91 Å². The number of hydrogen-bond acceptors (Lipinski definition) is 1. The molecule has 1 saturated heterocycles. The summed E-state index contributed by atoms with van der Waals surface area (Å²) in [7, 11) is 0. The highest BCUT2D eigenvalue weighted by Gasteiger charge is 2.26. The minimum absolute atomic E-state index is 0.0859. The molecule has 0 spiro atoms. The lowest BCUT2D eigenvalue weighted by Crippen LogP contribution is -2.42. The molecule has 4 heteroatoms. The molecule has 98 valence electrons. The monoisotopic (exact) mass is 329 g/mol. The maximum atomic E-state index is 12.4. The Kier molecular flexibility index (Phi) is 4.33. The van der Waals surface area contributed by atoms with Crippen molar-refractivity contribution < 1.29 is 4.79 Å². The Morgan fingerprint density at radius 3 is 2.50 bits per heavy atom. The van der Waals surface area contributed by atoms with Gasteiger partial charge in [-0.25, -0.2) is 0 Å². The van der Waals surface area contributed by atoms with Gasteiger partial charge in [-0.15, -0.1) is 0 Å². The van der Waals surface area contributed by atoms with Crippen molar-refractivity contribution >= 4 is 33.4 Å². The second-order valence-electron chi connectivity index (χ2n) is 5.29. The molecule has 0 radical (unpaired) electrons. The first-order valence-corrected chi connectivity index (χ1v) is 7.38. The molecule has 18 heavy (non-hydrogen) atoms. The fourth-order valence-electron chi connectivity index (χ4n) is 2.64. The van der Waals surface area contributed by atoms with Crippen molar-refractivity contribution in [3.63, 3.8) is 0 Å². The van der Waals surface area contributed by atoms with Crippen LogP contribution in [0.2, 0.25) is 5.02 Å². The number of rotatable bonds is 1. The summed E-state index contributed by atoms with van der Waals surface area (Å²) in [6, 6.07) is 5.38. The van der Waals surface area contributed by atoms with Crippen LogP contribution in [0, 0.1) is 11.8 Å². The van der Waals surface area contributed by atoms with E-state index in [1.54, 1.807) is 6.07 Å². The van der Waals surface area contributed by atoms with Gasteiger partial charge in [0, 0.05) is 23.1 Å². The summed E-state index contributed by atoms with van der Waals surface area (Å²) in [5.41, 5.74) is 0.671. The van der Waals surface area contributed by atoms with Crippen LogP contribution in [0.4, 0.5) is 0 Å². The van der Waals surface area contributed by atoms with Crippen LogP contribution < -0.4 is 0 Å². The SMILES string of the molecule is CC1CC(C)CN(C(=O)c2ccc(Br)c(Cl)c2)C1. The van der Waals surface area contributed by atoms with Crippen LogP contribution >= 0.6 is 27.5 Å². The number of carbonyl (C=O) groups is 1. The van der Waals surface area contributed by atoms with E-state index in [1.165, 1.54) is 6.42 Å². The molecule has 2 unspecified atom stereocenters. The van der Waals surface area contributed by atoms with Crippen molar-refractivity contribution in [3.05, 3.63) is 33.3 Å². The maximum absolute atomic E-state index is 12.4. The van der Waals surface area contributed by atoms with Gasteiger partial charge in [0.2, 0.25) is 0 Å². The van der Waals surface area contributed by atoms with Crippen LogP contribution in [-0.2, 0) is 0 Å². The van der Waals surface area contributed by atoms with E-state index in [9.17, 15) is 4.79 Å². The van der Waals surface area contributed by atoms with E-state index in [4.69, 9.17) is 11.6 Å². The van der Waals surface area contributed by atoms with Gasteiger partial charge in [0.25, 0.3) is 5.91 Å². The van der Waals surface area contributed by atoms with Crippen LogP contribution in [0.3, 0.4) is 0 Å². The Morgan fingerprint density at radius 2 is 1.94 bits per heavy atom. The van der Waals surface area contributed by atoms with E-state index >= 15 is 0 Å². The van der Waals surface area contributed by atoms with Gasteiger partial charge >= 0.3 is 0 Å². The molecular weight excluding hydrogens is 314 g/mol. The van der Waals surface area contributed by atoms with E-state index in [0.717, 1.165) is 17.6 Å². The van der Waals surface area contributed by atoms with Crippen LogP contribution in [-0.4, -0.2) is 23.9 Å². The number of halogens is 2. The number of nitrogens with zero attached hydrogens (tertiary/aromatic N) is 1. The van der Waals surface area contributed by atoms with Crippen LogP contribution in [0.15, 0.2) is 22.7 Å². The molecule has 1 aliphatic rings. The van der Waals surface area contributed by atoms with E-state index in [0.29, 0.717) is 22.4 Å². The average molecular weight is 331 g/mol. The molecule has 1 aromatic rings. The molecule has 2 atom stereocenters. The van der Waals surface area contributed by atoms with Crippen molar-refractivity contribution in [1.29, 1.82) is 0 Å². The normalized spacial score (nSPS) is 24.1. The van der Waals surface area contributed by atoms with E-state index in [2.05, 4.69) is 29.8 Å². The van der Waals surface area contributed by atoms with Gasteiger partial charge in [-0.2, -0.15) is 0 Å². The first-order chi connectivity index (χ1) is 8.47. The average Bonchev–Trinajstić information content (AvgIpc) is 2.30. The highest BCUT2D eigenvalue weighted by atomic mass is 79.9. The van der Waals surface area contributed by atoms with Crippen molar-refractivity contribution in [3.8, 4) is 0 Å². The van der Waals surface area contributed by atoms with Crippen molar-refractivity contribution in [1.82, 2.24) is 4.90 Å². The molecule has 0 saturated carbocycles. The number of likely N-dealkylation sites (tertiary alicyclic amines) is 1. The van der Waals surface area contributed by atoms with Crippen LogP contribution in [0.25, 0.3) is 0 Å². The summed E-state index contributed by atoms with van der Waals surface area (Å²) in [6.45, 7) is 6.09. The van der Waals surface area contributed by atoms with Gasteiger partial charge < -0.3 is 4.90 Å². The number of carbonyl (C=O) groups excluding carboxylic acids is 1. The molecule has 1 amide bonds. The van der Waals surface area contributed by atoms with Crippen molar-refractivity contribution in [2.45, 2.75) is 20.3 Å². The Hall–Kier alpha value is -0.540. The first kappa shape index (κ1) is 13.9. The lowest BCUT2D eigenvalue weighted by atomic mass is 9.91. The lowest BCUT2D eigenvalue weighted by Gasteiger charge is -2.35. The maximum Gasteiger partial charge on any atom is 0.253 e.